The van der Waals surface area contributed by atoms with Crippen molar-refractivity contribution >= 4 is 28.9 Å². The smallest absolute Gasteiger partial charge is 0.407 e. The summed E-state index contributed by atoms with van der Waals surface area (Å²) in [5.74, 6) is 2.42. The highest BCUT2D eigenvalue weighted by Gasteiger charge is 2.27. The van der Waals surface area contributed by atoms with Gasteiger partial charge in [-0.3, -0.25) is 0 Å². The van der Waals surface area contributed by atoms with Gasteiger partial charge < -0.3 is 39.4 Å². The van der Waals surface area contributed by atoms with Crippen LogP contribution in [0.25, 0.3) is 22.3 Å². The molecule has 0 spiro atoms. The number of carbonyl (C=O) groups excluding carboxylic acids is 1. The van der Waals surface area contributed by atoms with Gasteiger partial charge in [0.2, 0.25) is 5.95 Å². The molecule has 5 rings (SSSR count). The Kier molecular flexibility index (Phi) is 11.7. The van der Waals surface area contributed by atoms with Crippen LogP contribution in [-0.2, 0) is 20.8 Å². The summed E-state index contributed by atoms with van der Waals surface area (Å²) in [4.78, 5) is 31.5. The highest BCUT2D eigenvalue weighted by Crippen LogP contribution is 2.31. The number of nitrogens with one attached hydrogen (secondary N) is 2. The van der Waals surface area contributed by atoms with Crippen LogP contribution in [0.15, 0.2) is 30.3 Å². The number of fused-ring (bicyclic) bond motifs is 1. The fourth-order valence-electron chi connectivity index (χ4n) is 6.00. The molecule has 0 unspecified atom stereocenters. The van der Waals surface area contributed by atoms with Crippen LogP contribution in [0.4, 0.5) is 16.6 Å². The van der Waals surface area contributed by atoms with Gasteiger partial charge in [0.1, 0.15) is 17.2 Å². The topological polar surface area (TPSA) is 123 Å². The molecule has 4 heterocycles. The molecule has 2 aliphatic rings. The van der Waals surface area contributed by atoms with Gasteiger partial charge in [0.25, 0.3) is 0 Å². The van der Waals surface area contributed by atoms with Gasteiger partial charge in [-0.1, -0.05) is 6.42 Å². The Morgan fingerprint density at radius 1 is 0.957 bits per heavy atom. The number of benzene rings is 1. The van der Waals surface area contributed by atoms with Crippen LogP contribution < -0.4 is 25.2 Å². The number of methoxy groups -OCH3 is 1. The lowest BCUT2D eigenvalue weighted by Gasteiger charge is -2.36. The molecule has 3 aromatic rings. The quantitative estimate of drug-likeness (QED) is 0.260. The molecule has 1 amide bonds. The molecule has 2 aromatic heterocycles. The number of unbranched alkanes of at least 4 members (excludes halogenated alkanes) is 2. The van der Waals surface area contributed by atoms with Crippen LogP contribution in [0.3, 0.4) is 0 Å². The Hall–Kier alpha value is -3.74. The van der Waals surface area contributed by atoms with Gasteiger partial charge in [0.05, 0.1) is 43.6 Å². The molecule has 0 bridgehead atoms. The van der Waals surface area contributed by atoms with Crippen molar-refractivity contribution in [3.63, 3.8) is 0 Å². The van der Waals surface area contributed by atoms with E-state index in [0.29, 0.717) is 37.9 Å². The summed E-state index contributed by atoms with van der Waals surface area (Å²) >= 11 is 0. The second-order valence-corrected chi connectivity index (χ2v) is 13.4. The summed E-state index contributed by atoms with van der Waals surface area (Å²) in [7, 11) is 1.70. The Morgan fingerprint density at radius 3 is 2.43 bits per heavy atom. The third kappa shape index (κ3) is 9.65. The van der Waals surface area contributed by atoms with E-state index in [4.69, 9.17) is 33.9 Å². The van der Waals surface area contributed by atoms with Gasteiger partial charge in [-0.15, -0.1) is 0 Å². The molecule has 0 radical (unpaired) electrons. The number of pyridine rings is 1. The molecule has 2 fully saturated rings. The zero-order chi connectivity index (χ0) is 33.4. The number of hydrogen-bond donors (Lipinski definition) is 2. The maximum Gasteiger partial charge on any atom is 0.407 e. The van der Waals surface area contributed by atoms with Gasteiger partial charge in [0.15, 0.2) is 5.65 Å². The van der Waals surface area contributed by atoms with E-state index >= 15 is 0 Å². The van der Waals surface area contributed by atoms with Crippen molar-refractivity contribution in [3.05, 3.63) is 35.9 Å². The lowest BCUT2D eigenvalue weighted by Crippen LogP contribution is -2.46. The first-order chi connectivity index (χ1) is 22.6. The minimum Gasteiger partial charge on any atom is -0.496 e. The second-order valence-electron chi connectivity index (χ2n) is 13.4. The van der Waals surface area contributed by atoms with Crippen molar-refractivity contribution in [2.24, 2.45) is 0 Å². The van der Waals surface area contributed by atoms with Crippen LogP contribution in [-0.4, -0.2) is 98.4 Å². The number of alkyl carbamates (subject to hydrolysis) is 1. The zero-order valence-electron chi connectivity index (χ0n) is 28.8. The average Bonchev–Trinajstić information content (AvgIpc) is 3.04. The SMILES string of the molecule is COc1ccc(-c2ccc3c(N4CCOCC4)nc(N4C[C@@H](C)O[C@@H](C)C4)nc3n2)cc1CNCCCCCNC(=O)OC(C)(C)C. The Labute approximate surface area is 278 Å². The summed E-state index contributed by atoms with van der Waals surface area (Å²) in [5.41, 5.74) is 3.10. The largest absolute Gasteiger partial charge is 0.496 e. The number of nitrogens with zero attached hydrogens (tertiary/aromatic N) is 5. The number of rotatable bonds is 12. The molecule has 0 aliphatic carbocycles. The number of hydrogen-bond acceptors (Lipinski definition) is 11. The van der Waals surface area contributed by atoms with E-state index in [1.807, 2.05) is 32.9 Å². The first-order valence-electron chi connectivity index (χ1n) is 16.9. The summed E-state index contributed by atoms with van der Waals surface area (Å²) in [6.45, 7) is 16.3. The number of anilines is 2. The van der Waals surface area contributed by atoms with E-state index in [0.717, 1.165) is 85.8 Å². The van der Waals surface area contributed by atoms with E-state index in [-0.39, 0.29) is 18.3 Å². The third-order valence-corrected chi connectivity index (χ3v) is 8.13. The molecule has 0 saturated carbocycles. The molecule has 1 aromatic carbocycles. The highest BCUT2D eigenvalue weighted by atomic mass is 16.6. The van der Waals surface area contributed by atoms with E-state index in [1.165, 1.54) is 0 Å². The van der Waals surface area contributed by atoms with Crippen molar-refractivity contribution < 1.29 is 23.7 Å². The number of amides is 1. The van der Waals surface area contributed by atoms with Crippen LogP contribution >= 0.6 is 0 Å². The number of aromatic nitrogens is 3. The summed E-state index contributed by atoms with van der Waals surface area (Å²) < 4.78 is 22.6. The minimum atomic E-state index is -0.484. The lowest BCUT2D eigenvalue weighted by molar-refractivity contribution is -0.00570. The maximum absolute atomic E-state index is 11.8. The predicted octanol–water partition coefficient (Wildman–Crippen LogP) is 4.94. The van der Waals surface area contributed by atoms with Gasteiger partial charge in [-0.2, -0.15) is 9.97 Å². The molecule has 12 heteroatoms. The normalized spacial score (nSPS) is 18.8. The Balaban J connectivity index is 1.27. The van der Waals surface area contributed by atoms with E-state index in [1.54, 1.807) is 7.11 Å². The Bertz CT molecular complexity index is 1480. The molecule has 12 nitrogen and oxygen atoms in total. The molecular formula is C35H51N7O5. The predicted molar refractivity (Wildman–Crippen MR) is 184 cm³/mol. The summed E-state index contributed by atoms with van der Waals surface area (Å²) in [6, 6.07) is 10.3. The highest BCUT2D eigenvalue weighted by molar-refractivity contribution is 5.90. The van der Waals surface area contributed by atoms with Crippen LogP contribution in [0.2, 0.25) is 0 Å². The number of ether oxygens (including phenoxy) is 4. The Morgan fingerprint density at radius 2 is 1.70 bits per heavy atom. The zero-order valence-corrected chi connectivity index (χ0v) is 28.8. The van der Waals surface area contributed by atoms with Crippen molar-refractivity contribution in [2.75, 3.05) is 69.4 Å². The number of morpholine rings is 2. The van der Waals surface area contributed by atoms with Gasteiger partial charge >= 0.3 is 6.09 Å². The fourth-order valence-corrected chi connectivity index (χ4v) is 6.00. The average molecular weight is 650 g/mol. The first kappa shape index (κ1) is 34.6. The third-order valence-electron chi connectivity index (χ3n) is 8.13. The van der Waals surface area contributed by atoms with E-state index in [2.05, 4.69) is 52.5 Å². The van der Waals surface area contributed by atoms with Crippen LogP contribution in [0.1, 0.15) is 59.4 Å². The van der Waals surface area contributed by atoms with Gasteiger partial charge in [-0.25, -0.2) is 9.78 Å². The molecule has 2 atom stereocenters. The molecule has 2 N–H and O–H groups in total. The van der Waals surface area contributed by atoms with E-state index < -0.39 is 5.60 Å². The molecule has 2 aliphatic heterocycles. The summed E-state index contributed by atoms with van der Waals surface area (Å²) in [6.07, 6.45) is 2.72. The van der Waals surface area contributed by atoms with Crippen LogP contribution in [0.5, 0.6) is 5.75 Å². The van der Waals surface area contributed by atoms with Crippen molar-refractivity contribution in [3.8, 4) is 17.0 Å². The standard InChI is InChI=1S/C35H51N7O5/c1-24-22-42(23-25(2)46-24)33-39-31-28(32(40-33)41-16-18-45-19-17-41)11-12-29(38-31)26-10-13-30(44-6)27(20-26)21-36-14-8-7-9-15-37-34(43)47-35(3,4)5/h10-13,20,24-25,36H,7-9,14-19,21-23H2,1-6H3,(H,37,43)/t24-,25+. The molecule has 256 valence electrons. The minimum absolute atomic E-state index is 0.0941. The maximum atomic E-state index is 11.8. The second kappa shape index (κ2) is 15.9. The lowest BCUT2D eigenvalue weighted by atomic mass is 10.1. The van der Waals surface area contributed by atoms with Crippen LogP contribution in [0, 0.1) is 0 Å². The monoisotopic (exact) mass is 649 g/mol. The summed E-state index contributed by atoms with van der Waals surface area (Å²) in [5, 5.41) is 7.30. The van der Waals surface area contributed by atoms with E-state index in [9.17, 15) is 4.79 Å². The molecule has 47 heavy (non-hydrogen) atoms. The first-order valence-corrected chi connectivity index (χ1v) is 16.9. The van der Waals surface area contributed by atoms with Gasteiger partial charge in [-0.05, 0) is 84.3 Å². The van der Waals surface area contributed by atoms with Gasteiger partial charge in [0, 0.05) is 50.4 Å². The fraction of sp³-hybridized carbons (Fsp3) is 0.600. The van der Waals surface area contributed by atoms with Crippen molar-refractivity contribution in [1.82, 2.24) is 25.6 Å². The molecule has 2 saturated heterocycles. The molecular weight excluding hydrogens is 598 g/mol. The number of carbonyl (C=O) groups is 1. The van der Waals surface area contributed by atoms with Crippen molar-refractivity contribution in [1.29, 1.82) is 0 Å². The van der Waals surface area contributed by atoms with Crippen molar-refractivity contribution in [2.45, 2.75) is 78.2 Å².